The van der Waals surface area contributed by atoms with Gasteiger partial charge in [0.25, 0.3) is 0 Å². The van der Waals surface area contributed by atoms with Crippen LogP contribution in [0.1, 0.15) is 194 Å². The number of hydrogen-bond acceptors (Lipinski definition) is 5. The minimum absolute atomic E-state index is 0.0898. The van der Waals surface area contributed by atoms with Gasteiger partial charge in [-0.15, -0.1) is 0 Å². The van der Waals surface area contributed by atoms with Gasteiger partial charge in [0.2, 0.25) is 0 Å². The zero-order valence-electron chi connectivity index (χ0n) is 39.6. The van der Waals surface area contributed by atoms with Crippen molar-refractivity contribution in [1.29, 1.82) is 0 Å². The van der Waals surface area contributed by atoms with Crippen LogP contribution in [0.25, 0.3) is 0 Å². The van der Waals surface area contributed by atoms with Gasteiger partial charge >= 0.3 is 11.9 Å². The molecule has 5 nitrogen and oxygen atoms in total. The summed E-state index contributed by atoms with van der Waals surface area (Å²) >= 11 is 0. The number of carbonyl (C=O) groups excluding carboxylic acids is 2. The summed E-state index contributed by atoms with van der Waals surface area (Å²) in [4.78, 5) is 24.4. The van der Waals surface area contributed by atoms with Gasteiger partial charge in [0.1, 0.15) is 6.61 Å². The van der Waals surface area contributed by atoms with Crippen LogP contribution in [-0.4, -0.2) is 36.4 Å². The van der Waals surface area contributed by atoms with Crippen molar-refractivity contribution in [3.63, 3.8) is 0 Å². The van der Waals surface area contributed by atoms with Crippen LogP contribution >= 0.6 is 0 Å². The number of carbonyl (C=O) groups is 2. The van der Waals surface area contributed by atoms with Gasteiger partial charge in [-0.05, 0) is 109 Å². The lowest BCUT2D eigenvalue weighted by Gasteiger charge is -2.15. The van der Waals surface area contributed by atoms with E-state index in [1.807, 2.05) is 0 Å². The summed E-state index contributed by atoms with van der Waals surface area (Å²) in [5.74, 6) is -0.636. The Morgan fingerprint density at radius 2 is 0.645 bits per heavy atom. The standard InChI is InChI=1S/C57H90O5/c1-3-5-7-9-11-13-15-17-19-21-22-23-24-25-26-27-28-29-30-31-32-33-34-36-38-40-42-44-46-48-50-52-57(60)62-55(53-58)54-61-56(59)51-49-47-45-43-41-39-37-35-20-18-16-14-12-10-8-6-4-2/h5-8,11-14,17-20,22-23,25-26,28-29,31-32,37,39,55,58H,3-4,9-10,15-16,21,24,27,30,33-36,38,40-54H2,1-2H3/b7-5-,8-6-,13-11-,14-12-,19-17-,20-18-,23-22-,26-25-,29-28-,32-31-,39-37-. The zero-order valence-corrected chi connectivity index (χ0v) is 39.6. The topological polar surface area (TPSA) is 72.8 Å². The summed E-state index contributed by atoms with van der Waals surface area (Å²) in [6.07, 6.45) is 76.8. The van der Waals surface area contributed by atoms with E-state index in [0.717, 1.165) is 128 Å². The van der Waals surface area contributed by atoms with Crippen LogP contribution in [0.5, 0.6) is 0 Å². The third-order valence-corrected chi connectivity index (χ3v) is 9.94. The number of aliphatic hydroxyl groups excluding tert-OH is 1. The Kier molecular flexibility index (Phi) is 48.1. The zero-order chi connectivity index (χ0) is 44.9. The predicted octanol–water partition coefficient (Wildman–Crippen LogP) is 16.5. The first-order valence-electron chi connectivity index (χ1n) is 24.7. The number of ether oxygens (including phenoxy) is 2. The van der Waals surface area contributed by atoms with Crippen molar-refractivity contribution in [1.82, 2.24) is 0 Å². The second-order valence-electron chi connectivity index (χ2n) is 15.8. The van der Waals surface area contributed by atoms with E-state index in [1.54, 1.807) is 0 Å². The molecular weight excluding hydrogens is 765 g/mol. The van der Waals surface area contributed by atoms with E-state index in [0.29, 0.717) is 12.8 Å². The van der Waals surface area contributed by atoms with Crippen molar-refractivity contribution in [2.75, 3.05) is 13.2 Å². The second kappa shape index (κ2) is 51.4. The van der Waals surface area contributed by atoms with E-state index in [4.69, 9.17) is 9.47 Å². The quantitative estimate of drug-likeness (QED) is 0.0376. The molecule has 0 aromatic carbocycles. The minimum Gasteiger partial charge on any atom is -0.462 e. The Morgan fingerprint density at radius 1 is 0.371 bits per heavy atom. The van der Waals surface area contributed by atoms with Crippen LogP contribution in [0.15, 0.2) is 134 Å². The van der Waals surface area contributed by atoms with Crippen LogP contribution in [0.3, 0.4) is 0 Å². The smallest absolute Gasteiger partial charge is 0.306 e. The van der Waals surface area contributed by atoms with Crippen LogP contribution in [-0.2, 0) is 19.1 Å². The minimum atomic E-state index is -0.796. The van der Waals surface area contributed by atoms with Crippen LogP contribution < -0.4 is 0 Å². The van der Waals surface area contributed by atoms with Gasteiger partial charge in [-0.25, -0.2) is 0 Å². The molecular formula is C57H90O5. The highest BCUT2D eigenvalue weighted by molar-refractivity contribution is 5.70. The lowest BCUT2D eigenvalue weighted by Crippen LogP contribution is -2.28. The van der Waals surface area contributed by atoms with E-state index in [1.165, 1.54) is 38.5 Å². The largest absolute Gasteiger partial charge is 0.462 e. The highest BCUT2D eigenvalue weighted by Crippen LogP contribution is 2.13. The monoisotopic (exact) mass is 855 g/mol. The molecule has 62 heavy (non-hydrogen) atoms. The van der Waals surface area contributed by atoms with Crippen LogP contribution in [0, 0.1) is 0 Å². The molecule has 0 aromatic rings. The molecule has 0 amide bonds. The van der Waals surface area contributed by atoms with Crippen molar-refractivity contribution >= 4 is 11.9 Å². The van der Waals surface area contributed by atoms with E-state index >= 15 is 0 Å². The molecule has 0 radical (unpaired) electrons. The van der Waals surface area contributed by atoms with E-state index in [2.05, 4.69) is 148 Å². The van der Waals surface area contributed by atoms with Gasteiger partial charge in [-0.2, -0.15) is 0 Å². The molecule has 0 aliphatic carbocycles. The maximum atomic E-state index is 12.3. The van der Waals surface area contributed by atoms with Gasteiger partial charge in [-0.1, -0.05) is 205 Å². The molecule has 0 saturated heterocycles. The Hall–Kier alpha value is -3.96. The summed E-state index contributed by atoms with van der Waals surface area (Å²) in [6.45, 7) is 3.87. The first kappa shape index (κ1) is 58.0. The van der Waals surface area contributed by atoms with Crippen molar-refractivity contribution < 1.29 is 24.2 Å². The Labute approximate surface area is 381 Å². The highest BCUT2D eigenvalue weighted by atomic mass is 16.6. The van der Waals surface area contributed by atoms with Crippen LogP contribution in [0.2, 0.25) is 0 Å². The number of allylic oxidation sites excluding steroid dienone is 22. The number of aliphatic hydroxyl groups is 1. The Balaban J connectivity index is 3.62. The summed E-state index contributed by atoms with van der Waals surface area (Å²) < 4.78 is 10.6. The average molecular weight is 855 g/mol. The molecule has 0 aliphatic heterocycles. The fourth-order valence-electron chi connectivity index (χ4n) is 6.29. The number of unbranched alkanes of at least 4 members (excludes halogenated alkanes) is 13. The number of hydrogen-bond donors (Lipinski definition) is 1. The fraction of sp³-hybridized carbons (Fsp3) is 0.579. The maximum absolute atomic E-state index is 12.3. The average Bonchev–Trinajstić information content (AvgIpc) is 3.28. The van der Waals surface area contributed by atoms with Crippen LogP contribution in [0.4, 0.5) is 0 Å². The molecule has 1 N–H and O–H groups in total. The molecule has 0 bridgehead atoms. The van der Waals surface area contributed by atoms with Crippen molar-refractivity contribution in [3.8, 4) is 0 Å². The van der Waals surface area contributed by atoms with Gasteiger partial charge in [0, 0.05) is 12.8 Å². The lowest BCUT2D eigenvalue weighted by molar-refractivity contribution is -0.161. The Bertz CT molecular complexity index is 1330. The molecule has 0 aliphatic rings. The predicted molar refractivity (Wildman–Crippen MR) is 269 cm³/mol. The first-order valence-corrected chi connectivity index (χ1v) is 24.7. The summed E-state index contributed by atoms with van der Waals surface area (Å²) in [5, 5.41) is 9.61. The first-order chi connectivity index (χ1) is 30.6. The molecule has 0 spiro atoms. The lowest BCUT2D eigenvalue weighted by atomic mass is 10.1. The molecule has 0 aromatic heterocycles. The third kappa shape index (κ3) is 48.7. The Morgan fingerprint density at radius 3 is 0.968 bits per heavy atom. The summed E-state index contributed by atoms with van der Waals surface area (Å²) in [6, 6.07) is 0. The second-order valence-corrected chi connectivity index (χ2v) is 15.8. The van der Waals surface area contributed by atoms with E-state index < -0.39 is 6.10 Å². The highest BCUT2D eigenvalue weighted by Gasteiger charge is 2.16. The maximum Gasteiger partial charge on any atom is 0.306 e. The summed E-state index contributed by atoms with van der Waals surface area (Å²) in [5.41, 5.74) is 0. The normalized spacial score (nSPS) is 13.4. The van der Waals surface area contributed by atoms with Gasteiger partial charge < -0.3 is 14.6 Å². The number of rotatable bonds is 43. The SMILES string of the molecule is CC/C=C\C/C=C\C/C=C\C/C=C\C/C=C\C/C=C\C/C=C\CCCCCCCCCCCC(=O)OC(CO)COC(=O)CCCCCC/C=C\C/C=C\C/C=C\C/C=C\CC. The van der Waals surface area contributed by atoms with Gasteiger partial charge in [0.05, 0.1) is 6.61 Å². The molecule has 348 valence electrons. The molecule has 1 atom stereocenters. The van der Waals surface area contributed by atoms with Crippen molar-refractivity contribution in [2.24, 2.45) is 0 Å². The van der Waals surface area contributed by atoms with E-state index in [-0.39, 0.29) is 25.2 Å². The molecule has 5 heteroatoms. The summed E-state index contributed by atoms with van der Waals surface area (Å²) in [7, 11) is 0. The van der Waals surface area contributed by atoms with Crippen molar-refractivity contribution in [3.05, 3.63) is 134 Å². The third-order valence-electron chi connectivity index (χ3n) is 9.94. The van der Waals surface area contributed by atoms with Gasteiger partial charge in [-0.3, -0.25) is 9.59 Å². The van der Waals surface area contributed by atoms with E-state index in [9.17, 15) is 14.7 Å². The molecule has 0 saturated carbocycles. The molecule has 0 heterocycles. The van der Waals surface area contributed by atoms with Gasteiger partial charge in [0.15, 0.2) is 6.10 Å². The number of esters is 2. The van der Waals surface area contributed by atoms with Crippen molar-refractivity contribution in [2.45, 2.75) is 200 Å². The molecule has 0 fully saturated rings. The fourth-order valence-corrected chi connectivity index (χ4v) is 6.29. The molecule has 1 unspecified atom stereocenters. The molecule has 0 rings (SSSR count).